The van der Waals surface area contributed by atoms with Gasteiger partial charge in [0.1, 0.15) is 0 Å². The van der Waals surface area contributed by atoms with Gasteiger partial charge in [0.15, 0.2) is 0 Å². The largest absolute Gasteiger partial charge is 0.381 e. The quantitative estimate of drug-likeness (QED) is 0.786. The summed E-state index contributed by atoms with van der Waals surface area (Å²) in [4.78, 5) is 0. The van der Waals surface area contributed by atoms with Crippen molar-refractivity contribution in [3.8, 4) is 0 Å². The van der Waals surface area contributed by atoms with E-state index in [1.54, 1.807) is 0 Å². The van der Waals surface area contributed by atoms with Gasteiger partial charge in [0.2, 0.25) is 0 Å². The van der Waals surface area contributed by atoms with E-state index in [0.29, 0.717) is 18.0 Å². The molecule has 0 aromatic heterocycles. The van der Waals surface area contributed by atoms with Gasteiger partial charge in [0.05, 0.1) is 11.4 Å². The molecular formula is C15H26N2. The summed E-state index contributed by atoms with van der Waals surface area (Å²) in [6, 6.07) is 7.55. The van der Waals surface area contributed by atoms with Gasteiger partial charge in [-0.2, -0.15) is 0 Å². The smallest absolute Gasteiger partial charge is 0.0580 e. The van der Waals surface area contributed by atoms with E-state index in [-0.39, 0.29) is 0 Å². The lowest BCUT2D eigenvalue weighted by atomic mass is 10.0. The molecule has 17 heavy (non-hydrogen) atoms. The van der Waals surface area contributed by atoms with Gasteiger partial charge in [-0.05, 0) is 51.3 Å². The average Bonchev–Trinajstić information content (AvgIpc) is 2.18. The van der Waals surface area contributed by atoms with Crippen molar-refractivity contribution in [2.75, 3.05) is 10.6 Å². The predicted molar refractivity (Wildman–Crippen MR) is 78.0 cm³/mol. The van der Waals surface area contributed by atoms with E-state index in [1.165, 1.54) is 16.9 Å². The molecule has 2 nitrogen and oxygen atoms in total. The molecule has 0 saturated carbocycles. The second kappa shape index (κ2) is 5.95. The zero-order valence-electron chi connectivity index (χ0n) is 12.0. The third-order valence-corrected chi connectivity index (χ3v) is 2.60. The van der Waals surface area contributed by atoms with Crippen LogP contribution in [0.2, 0.25) is 0 Å². The monoisotopic (exact) mass is 234 g/mol. The Morgan fingerprint density at radius 1 is 0.765 bits per heavy atom. The van der Waals surface area contributed by atoms with Crippen molar-refractivity contribution in [1.82, 2.24) is 0 Å². The van der Waals surface area contributed by atoms with Crippen LogP contribution in [0.15, 0.2) is 18.2 Å². The molecule has 0 aliphatic carbocycles. The van der Waals surface area contributed by atoms with E-state index in [9.17, 15) is 0 Å². The lowest BCUT2D eigenvalue weighted by molar-refractivity contribution is 0.857. The summed E-state index contributed by atoms with van der Waals surface area (Å²) in [5.41, 5.74) is 3.78. The van der Waals surface area contributed by atoms with Crippen LogP contribution in [0.5, 0.6) is 0 Å². The van der Waals surface area contributed by atoms with Crippen LogP contribution < -0.4 is 10.6 Å². The van der Waals surface area contributed by atoms with Crippen LogP contribution in [0, 0.1) is 0 Å². The lowest BCUT2D eigenvalue weighted by Crippen LogP contribution is -2.15. The van der Waals surface area contributed by atoms with Gasteiger partial charge in [-0.25, -0.2) is 0 Å². The van der Waals surface area contributed by atoms with Gasteiger partial charge in [-0.15, -0.1) is 0 Å². The highest BCUT2D eigenvalue weighted by Gasteiger charge is 2.08. The van der Waals surface area contributed by atoms with Crippen molar-refractivity contribution < 1.29 is 0 Å². The molecule has 0 fully saturated rings. The summed E-state index contributed by atoms with van der Waals surface area (Å²) in [5, 5.41) is 6.99. The number of hydrogen-bond donors (Lipinski definition) is 2. The lowest BCUT2D eigenvalue weighted by Gasteiger charge is -2.20. The van der Waals surface area contributed by atoms with Crippen LogP contribution in [0.25, 0.3) is 0 Å². The molecule has 0 radical (unpaired) electrons. The standard InChI is InChI=1S/C15H26N2/c1-10(2)13-7-8-14(16-11(3)4)15(9-13)17-12(5)6/h7-12,16-17H,1-6H3. The molecule has 1 rings (SSSR count). The molecule has 1 aromatic rings. The van der Waals surface area contributed by atoms with E-state index in [0.717, 1.165) is 0 Å². The Morgan fingerprint density at radius 2 is 1.29 bits per heavy atom. The molecule has 0 heterocycles. The molecule has 0 unspecified atom stereocenters. The van der Waals surface area contributed by atoms with E-state index >= 15 is 0 Å². The van der Waals surface area contributed by atoms with Gasteiger partial charge >= 0.3 is 0 Å². The Labute approximate surface area is 106 Å². The minimum atomic E-state index is 0.449. The van der Waals surface area contributed by atoms with Crippen molar-refractivity contribution in [2.45, 2.75) is 59.5 Å². The van der Waals surface area contributed by atoms with Gasteiger partial charge < -0.3 is 10.6 Å². The molecule has 0 bridgehead atoms. The normalized spacial score (nSPS) is 11.4. The van der Waals surface area contributed by atoms with Crippen LogP contribution in [0.3, 0.4) is 0 Å². The van der Waals surface area contributed by atoms with Crippen molar-refractivity contribution in [2.24, 2.45) is 0 Å². The fraction of sp³-hybridized carbons (Fsp3) is 0.600. The van der Waals surface area contributed by atoms with Crippen LogP contribution >= 0.6 is 0 Å². The summed E-state index contributed by atoms with van der Waals surface area (Å²) >= 11 is 0. The zero-order chi connectivity index (χ0) is 13.0. The Bertz CT molecular complexity index is 354. The summed E-state index contributed by atoms with van der Waals surface area (Å²) in [6.45, 7) is 13.1. The fourth-order valence-electron chi connectivity index (χ4n) is 1.79. The Kier molecular flexibility index (Phi) is 4.86. The Hall–Kier alpha value is -1.18. The third kappa shape index (κ3) is 4.29. The second-order valence-corrected chi connectivity index (χ2v) is 5.56. The van der Waals surface area contributed by atoms with E-state index in [2.05, 4.69) is 70.4 Å². The topological polar surface area (TPSA) is 24.1 Å². The molecule has 0 aliphatic heterocycles. The van der Waals surface area contributed by atoms with Crippen molar-refractivity contribution in [1.29, 1.82) is 0 Å². The minimum absolute atomic E-state index is 0.449. The van der Waals surface area contributed by atoms with Crippen molar-refractivity contribution in [3.63, 3.8) is 0 Å². The SMILES string of the molecule is CC(C)Nc1ccc(C(C)C)cc1NC(C)C. The van der Waals surface area contributed by atoms with Crippen LogP contribution in [-0.2, 0) is 0 Å². The van der Waals surface area contributed by atoms with Gasteiger partial charge in [-0.3, -0.25) is 0 Å². The molecule has 0 amide bonds. The summed E-state index contributed by atoms with van der Waals surface area (Å²) in [7, 11) is 0. The summed E-state index contributed by atoms with van der Waals surface area (Å²) in [6.07, 6.45) is 0. The maximum absolute atomic E-state index is 3.51. The van der Waals surface area contributed by atoms with Crippen LogP contribution in [-0.4, -0.2) is 12.1 Å². The average molecular weight is 234 g/mol. The summed E-state index contributed by atoms with van der Waals surface area (Å²) < 4.78 is 0. The number of benzene rings is 1. The maximum Gasteiger partial charge on any atom is 0.0580 e. The highest BCUT2D eigenvalue weighted by molar-refractivity contribution is 5.70. The van der Waals surface area contributed by atoms with E-state index in [1.807, 2.05) is 0 Å². The molecule has 96 valence electrons. The van der Waals surface area contributed by atoms with Gasteiger partial charge in [0, 0.05) is 12.1 Å². The molecule has 1 aromatic carbocycles. The van der Waals surface area contributed by atoms with Crippen LogP contribution in [0.1, 0.15) is 53.0 Å². The molecule has 0 aliphatic rings. The maximum atomic E-state index is 3.51. The molecule has 0 saturated heterocycles. The number of hydrogen-bond acceptors (Lipinski definition) is 2. The van der Waals surface area contributed by atoms with Gasteiger partial charge in [0.25, 0.3) is 0 Å². The number of anilines is 2. The fourth-order valence-corrected chi connectivity index (χ4v) is 1.79. The van der Waals surface area contributed by atoms with E-state index in [4.69, 9.17) is 0 Å². The summed E-state index contributed by atoms with van der Waals surface area (Å²) in [5.74, 6) is 0.566. The minimum Gasteiger partial charge on any atom is -0.381 e. The highest BCUT2D eigenvalue weighted by atomic mass is 15.0. The molecule has 0 atom stereocenters. The number of rotatable bonds is 5. The first kappa shape index (κ1) is 13.9. The second-order valence-electron chi connectivity index (χ2n) is 5.56. The zero-order valence-corrected chi connectivity index (χ0v) is 12.0. The molecule has 0 spiro atoms. The van der Waals surface area contributed by atoms with Gasteiger partial charge in [-0.1, -0.05) is 19.9 Å². The van der Waals surface area contributed by atoms with Crippen molar-refractivity contribution in [3.05, 3.63) is 23.8 Å². The highest BCUT2D eigenvalue weighted by Crippen LogP contribution is 2.28. The Balaban J connectivity index is 3.03. The first-order chi connectivity index (χ1) is 7.90. The first-order valence-electron chi connectivity index (χ1n) is 6.57. The molecular weight excluding hydrogens is 208 g/mol. The molecule has 2 heteroatoms. The third-order valence-electron chi connectivity index (χ3n) is 2.60. The molecule has 2 N–H and O–H groups in total. The first-order valence-corrected chi connectivity index (χ1v) is 6.57. The van der Waals surface area contributed by atoms with Crippen molar-refractivity contribution >= 4 is 11.4 Å². The predicted octanol–water partition coefficient (Wildman–Crippen LogP) is 4.45. The van der Waals surface area contributed by atoms with Crippen LogP contribution in [0.4, 0.5) is 11.4 Å². The Morgan fingerprint density at radius 3 is 1.76 bits per heavy atom. The number of nitrogens with one attached hydrogen (secondary N) is 2. The van der Waals surface area contributed by atoms with E-state index < -0.39 is 0 Å².